The molecule has 220 valence electrons. The van der Waals surface area contributed by atoms with E-state index in [1.54, 1.807) is 0 Å². The molecule has 0 aliphatic carbocycles. The summed E-state index contributed by atoms with van der Waals surface area (Å²) < 4.78 is 5.31. The van der Waals surface area contributed by atoms with Crippen molar-refractivity contribution in [3.63, 3.8) is 0 Å². The second kappa shape index (κ2) is 33.2. The van der Waals surface area contributed by atoms with Crippen molar-refractivity contribution in [2.24, 2.45) is 0 Å². The van der Waals surface area contributed by atoms with Gasteiger partial charge in [0.1, 0.15) is 0 Å². The summed E-state index contributed by atoms with van der Waals surface area (Å²) in [6.45, 7) is 5.05. The first-order valence-corrected chi connectivity index (χ1v) is 17.1. The monoisotopic (exact) mass is 521 g/mol. The van der Waals surface area contributed by atoms with Crippen LogP contribution >= 0.6 is 0 Å². The number of ether oxygens (including phenoxy) is 1. The summed E-state index contributed by atoms with van der Waals surface area (Å²) in [5.41, 5.74) is 0. The highest BCUT2D eigenvalue weighted by atomic mass is 16.5. The summed E-state index contributed by atoms with van der Waals surface area (Å²) in [6.07, 6.45) is 43.1. The number of carbonyl (C=O) groups excluding carboxylic acids is 1. The number of hydrogen-bond acceptors (Lipinski definition) is 2. The molecule has 0 unspecified atom stereocenters. The van der Waals surface area contributed by atoms with Crippen molar-refractivity contribution in [2.45, 2.75) is 200 Å². The van der Waals surface area contributed by atoms with Crippen molar-refractivity contribution >= 4 is 5.97 Å². The number of unbranched alkanes of at least 4 members (excludes halogenated alkanes) is 25. The topological polar surface area (TPSA) is 26.3 Å². The Kier molecular flexibility index (Phi) is 32.5. The number of allylic oxidation sites excluding steroid dienone is 1. The van der Waals surface area contributed by atoms with Gasteiger partial charge in [-0.2, -0.15) is 0 Å². The molecular weight excluding hydrogens is 452 g/mol. The van der Waals surface area contributed by atoms with Gasteiger partial charge in [-0.3, -0.25) is 4.79 Å². The molecule has 0 N–H and O–H groups in total. The van der Waals surface area contributed by atoms with Crippen molar-refractivity contribution in [3.8, 4) is 0 Å². The van der Waals surface area contributed by atoms with Gasteiger partial charge in [0.25, 0.3) is 0 Å². The molecule has 0 amide bonds. The Balaban J connectivity index is 3.12. The Morgan fingerprint density at radius 3 is 1.14 bits per heavy atom. The standard InChI is InChI=1S/C35H68O2/c1-3-5-7-9-11-12-13-14-15-16-17-18-19-20-21-22-23-24-25-26-27-28-29-31-33-35(36)37-34-32-30-10-8-6-4-2/h10,30H,3-9,11-29,31-34H2,1-2H3/b30-10+. The third-order valence-corrected chi connectivity index (χ3v) is 7.67. The van der Waals surface area contributed by atoms with E-state index in [1.807, 2.05) is 0 Å². The maximum absolute atomic E-state index is 11.8. The largest absolute Gasteiger partial charge is 0.465 e. The molecule has 0 aromatic heterocycles. The smallest absolute Gasteiger partial charge is 0.305 e. The Labute approximate surface area is 234 Å². The number of carbonyl (C=O) groups is 1. The first-order valence-electron chi connectivity index (χ1n) is 17.1. The summed E-state index contributed by atoms with van der Waals surface area (Å²) in [4.78, 5) is 11.8. The molecule has 0 aromatic carbocycles. The predicted molar refractivity (Wildman–Crippen MR) is 165 cm³/mol. The quantitative estimate of drug-likeness (QED) is 0.0516. The van der Waals surface area contributed by atoms with E-state index in [4.69, 9.17) is 4.74 Å². The van der Waals surface area contributed by atoms with Gasteiger partial charge in [-0.05, 0) is 19.3 Å². The molecule has 37 heavy (non-hydrogen) atoms. The van der Waals surface area contributed by atoms with Crippen molar-refractivity contribution < 1.29 is 9.53 Å². The maximum atomic E-state index is 11.8. The van der Waals surface area contributed by atoms with Gasteiger partial charge < -0.3 is 4.74 Å². The molecule has 0 heterocycles. The van der Waals surface area contributed by atoms with Gasteiger partial charge in [-0.1, -0.05) is 187 Å². The maximum Gasteiger partial charge on any atom is 0.305 e. The number of hydrogen-bond donors (Lipinski definition) is 0. The summed E-state index contributed by atoms with van der Waals surface area (Å²) >= 11 is 0. The zero-order valence-corrected chi connectivity index (χ0v) is 25.7. The summed E-state index contributed by atoms with van der Waals surface area (Å²) in [7, 11) is 0. The molecule has 2 heteroatoms. The molecule has 2 nitrogen and oxygen atoms in total. The van der Waals surface area contributed by atoms with Crippen LogP contribution in [0.2, 0.25) is 0 Å². The first kappa shape index (κ1) is 36.2. The van der Waals surface area contributed by atoms with E-state index in [0.717, 1.165) is 19.3 Å². The molecule has 0 aliphatic heterocycles. The van der Waals surface area contributed by atoms with Gasteiger partial charge in [0.2, 0.25) is 0 Å². The lowest BCUT2D eigenvalue weighted by molar-refractivity contribution is -0.143. The van der Waals surface area contributed by atoms with Crippen LogP contribution in [-0.4, -0.2) is 12.6 Å². The summed E-state index contributed by atoms with van der Waals surface area (Å²) in [6, 6.07) is 0. The molecule has 0 aliphatic rings. The van der Waals surface area contributed by atoms with Crippen molar-refractivity contribution in [2.75, 3.05) is 6.61 Å². The van der Waals surface area contributed by atoms with Gasteiger partial charge in [0.05, 0.1) is 6.61 Å². The molecule has 0 spiro atoms. The number of rotatable bonds is 31. The van der Waals surface area contributed by atoms with Gasteiger partial charge in [0.15, 0.2) is 0 Å². The van der Waals surface area contributed by atoms with E-state index in [-0.39, 0.29) is 5.97 Å². The highest BCUT2D eigenvalue weighted by Crippen LogP contribution is 2.16. The molecular formula is C35H68O2. The van der Waals surface area contributed by atoms with E-state index in [1.165, 1.54) is 161 Å². The fourth-order valence-corrected chi connectivity index (χ4v) is 5.10. The van der Waals surface area contributed by atoms with Crippen LogP contribution in [0.1, 0.15) is 200 Å². The van der Waals surface area contributed by atoms with Crippen LogP contribution in [0.4, 0.5) is 0 Å². The molecule has 0 fully saturated rings. The van der Waals surface area contributed by atoms with Crippen LogP contribution in [0.5, 0.6) is 0 Å². The molecule has 0 saturated heterocycles. The molecule has 0 atom stereocenters. The highest BCUT2D eigenvalue weighted by Gasteiger charge is 2.02. The summed E-state index contributed by atoms with van der Waals surface area (Å²) in [5, 5.41) is 0. The predicted octanol–water partition coefficient (Wildman–Crippen LogP) is 12.4. The fraction of sp³-hybridized carbons (Fsp3) is 0.914. The van der Waals surface area contributed by atoms with Gasteiger partial charge in [-0.25, -0.2) is 0 Å². The van der Waals surface area contributed by atoms with Crippen molar-refractivity contribution in [1.82, 2.24) is 0 Å². The van der Waals surface area contributed by atoms with Gasteiger partial charge >= 0.3 is 5.97 Å². The van der Waals surface area contributed by atoms with E-state index in [9.17, 15) is 4.79 Å². The van der Waals surface area contributed by atoms with Crippen LogP contribution < -0.4 is 0 Å². The lowest BCUT2D eigenvalue weighted by Crippen LogP contribution is -2.04. The van der Waals surface area contributed by atoms with Crippen LogP contribution in [0.25, 0.3) is 0 Å². The van der Waals surface area contributed by atoms with Crippen molar-refractivity contribution in [3.05, 3.63) is 12.2 Å². The van der Waals surface area contributed by atoms with E-state index in [0.29, 0.717) is 13.0 Å². The third-order valence-electron chi connectivity index (χ3n) is 7.67. The average Bonchev–Trinajstić information content (AvgIpc) is 2.90. The van der Waals surface area contributed by atoms with Gasteiger partial charge in [0, 0.05) is 6.42 Å². The molecule has 0 rings (SSSR count). The normalized spacial score (nSPS) is 11.5. The molecule has 0 aromatic rings. The fourth-order valence-electron chi connectivity index (χ4n) is 5.10. The van der Waals surface area contributed by atoms with Crippen molar-refractivity contribution in [1.29, 1.82) is 0 Å². The number of esters is 1. The molecule has 0 saturated carbocycles. The minimum absolute atomic E-state index is 0.0132. The van der Waals surface area contributed by atoms with Crippen LogP contribution in [0, 0.1) is 0 Å². The Bertz CT molecular complexity index is 456. The highest BCUT2D eigenvalue weighted by molar-refractivity contribution is 5.69. The van der Waals surface area contributed by atoms with Gasteiger partial charge in [-0.15, -0.1) is 0 Å². The average molecular weight is 521 g/mol. The molecule has 0 bridgehead atoms. The Morgan fingerprint density at radius 1 is 0.432 bits per heavy atom. The van der Waals surface area contributed by atoms with E-state index >= 15 is 0 Å². The Hall–Kier alpha value is -0.790. The SMILES string of the molecule is CCCC/C=C/CCOC(=O)CCCCCCCCCCCCCCCCCCCCCCCCCC. The van der Waals surface area contributed by atoms with E-state index < -0.39 is 0 Å². The second-order valence-corrected chi connectivity index (χ2v) is 11.5. The minimum Gasteiger partial charge on any atom is -0.465 e. The Morgan fingerprint density at radius 2 is 0.757 bits per heavy atom. The third kappa shape index (κ3) is 33.2. The van der Waals surface area contributed by atoms with Crippen LogP contribution in [0.3, 0.4) is 0 Å². The van der Waals surface area contributed by atoms with Crippen LogP contribution in [-0.2, 0) is 9.53 Å². The van der Waals surface area contributed by atoms with Crippen LogP contribution in [0.15, 0.2) is 12.2 Å². The zero-order chi connectivity index (χ0) is 26.9. The summed E-state index contributed by atoms with van der Waals surface area (Å²) in [5.74, 6) is -0.0132. The first-order chi connectivity index (χ1) is 18.3. The zero-order valence-electron chi connectivity index (χ0n) is 25.7. The lowest BCUT2D eigenvalue weighted by atomic mass is 10.0. The van der Waals surface area contributed by atoms with E-state index in [2.05, 4.69) is 26.0 Å². The second-order valence-electron chi connectivity index (χ2n) is 11.5. The molecule has 0 radical (unpaired) electrons. The minimum atomic E-state index is -0.0132. The lowest BCUT2D eigenvalue weighted by Gasteiger charge is -2.05.